The maximum absolute atomic E-state index is 12.8. The number of aliphatic hydroxyl groups is 5. The van der Waals surface area contributed by atoms with Gasteiger partial charge in [0.2, 0.25) is 0 Å². The Hall–Kier alpha value is -0.890. The summed E-state index contributed by atoms with van der Waals surface area (Å²) >= 11 is 0. The molecule has 8 aliphatic rings. The molecule has 0 amide bonds. The van der Waals surface area contributed by atoms with Gasteiger partial charge >= 0.3 is 5.97 Å². The molecule has 48 heavy (non-hydrogen) atoms. The standard InChI is InChI=1S/C37H58O11/c1-17-13-20-28(32(5,6)46-18(2)38)48-37(47-20)27(17)34(8)23(40)14-36-16-35(36)12-11-24(45-29-26(42)25(41)19(39)15-44-29)31(3,4)21(35)9-10-22(36)33(34,7)30(37)43/h17,19-30,39-43H,9-16H2,1-8H3. The molecule has 8 rings (SSSR count). The summed E-state index contributed by atoms with van der Waals surface area (Å²) in [5, 5.41) is 56.2. The van der Waals surface area contributed by atoms with Crippen LogP contribution in [-0.4, -0.2) is 105 Å². The van der Waals surface area contributed by atoms with Gasteiger partial charge in [-0.25, -0.2) is 0 Å². The van der Waals surface area contributed by atoms with Crippen molar-refractivity contribution in [1.29, 1.82) is 0 Å². The average molecular weight is 679 g/mol. The third-order valence-electron chi connectivity index (χ3n) is 16.3. The maximum atomic E-state index is 12.8. The Balaban J connectivity index is 1.11. The molecule has 3 heterocycles. The van der Waals surface area contributed by atoms with Crippen molar-refractivity contribution < 1.29 is 54.0 Å². The number of hydrogen-bond donors (Lipinski definition) is 5. The van der Waals surface area contributed by atoms with Crippen molar-refractivity contribution in [3.63, 3.8) is 0 Å². The maximum Gasteiger partial charge on any atom is 0.303 e. The zero-order valence-electron chi connectivity index (χ0n) is 29.8. The number of hydrogen-bond acceptors (Lipinski definition) is 11. The molecule has 3 aliphatic heterocycles. The van der Waals surface area contributed by atoms with E-state index in [0.717, 1.165) is 32.1 Å². The van der Waals surface area contributed by atoms with Gasteiger partial charge in [0.1, 0.15) is 36.1 Å². The van der Waals surface area contributed by atoms with Crippen molar-refractivity contribution in [3.05, 3.63) is 0 Å². The van der Waals surface area contributed by atoms with Gasteiger partial charge in [0, 0.05) is 23.7 Å². The summed E-state index contributed by atoms with van der Waals surface area (Å²) in [4.78, 5) is 12.1. The molecule has 11 nitrogen and oxygen atoms in total. The van der Waals surface area contributed by atoms with Crippen LogP contribution in [0.25, 0.3) is 0 Å². The lowest BCUT2D eigenvalue weighted by molar-refractivity contribution is -0.304. The van der Waals surface area contributed by atoms with Gasteiger partial charge in [0.15, 0.2) is 12.1 Å². The predicted molar refractivity (Wildman–Crippen MR) is 170 cm³/mol. The predicted octanol–water partition coefficient (Wildman–Crippen LogP) is 2.66. The summed E-state index contributed by atoms with van der Waals surface area (Å²) in [5.74, 6) is -1.37. The first-order valence-corrected chi connectivity index (χ1v) is 18.5. The third kappa shape index (κ3) is 3.84. The molecule has 11 heteroatoms. The van der Waals surface area contributed by atoms with Gasteiger partial charge < -0.3 is 49.2 Å². The highest BCUT2D eigenvalue weighted by molar-refractivity contribution is 5.66. The summed E-state index contributed by atoms with van der Waals surface area (Å²) in [6, 6.07) is 0. The first-order chi connectivity index (χ1) is 22.2. The molecule has 3 saturated heterocycles. The smallest absolute Gasteiger partial charge is 0.303 e. The minimum atomic E-state index is -1.33. The van der Waals surface area contributed by atoms with Crippen molar-refractivity contribution in [1.82, 2.24) is 0 Å². The van der Waals surface area contributed by atoms with Gasteiger partial charge in [0.05, 0.1) is 24.9 Å². The molecule has 0 radical (unpaired) electrons. The van der Waals surface area contributed by atoms with E-state index in [4.69, 9.17) is 23.7 Å². The summed E-state index contributed by atoms with van der Waals surface area (Å²) in [7, 11) is 0. The number of carbonyl (C=O) groups excluding carboxylic acids is 1. The molecule has 18 unspecified atom stereocenters. The Morgan fingerprint density at radius 3 is 2.27 bits per heavy atom. The minimum absolute atomic E-state index is 0.0110. The number of ether oxygens (including phenoxy) is 5. The molecular weight excluding hydrogens is 620 g/mol. The monoisotopic (exact) mass is 678 g/mol. The van der Waals surface area contributed by atoms with Crippen molar-refractivity contribution >= 4 is 5.97 Å². The Kier molecular flexibility index (Phi) is 7.24. The second-order valence-corrected chi connectivity index (χ2v) is 18.9. The van der Waals surface area contributed by atoms with E-state index in [0.29, 0.717) is 18.8 Å². The van der Waals surface area contributed by atoms with Crippen molar-refractivity contribution in [3.8, 4) is 0 Å². The van der Waals surface area contributed by atoms with Crippen LogP contribution in [0.2, 0.25) is 0 Å². The molecule has 272 valence electrons. The molecule has 3 spiro atoms. The molecule has 18 atom stereocenters. The fourth-order valence-electron chi connectivity index (χ4n) is 14.4. The minimum Gasteiger partial charge on any atom is -0.457 e. The largest absolute Gasteiger partial charge is 0.457 e. The van der Waals surface area contributed by atoms with Crippen LogP contribution in [-0.2, 0) is 28.5 Å². The van der Waals surface area contributed by atoms with E-state index in [9.17, 15) is 30.3 Å². The summed E-state index contributed by atoms with van der Waals surface area (Å²) in [6.07, 6.45) is -1.69. The fraction of sp³-hybridized carbons (Fsp3) is 0.973. The third-order valence-corrected chi connectivity index (χ3v) is 16.3. The van der Waals surface area contributed by atoms with E-state index in [-0.39, 0.29) is 58.8 Å². The molecule has 2 bridgehead atoms. The van der Waals surface area contributed by atoms with Crippen LogP contribution in [0, 0.1) is 50.7 Å². The molecule has 0 aromatic heterocycles. The Labute approximate surface area is 284 Å². The number of carbonyl (C=O) groups is 1. The van der Waals surface area contributed by atoms with E-state index < -0.39 is 65.1 Å². The number of rotatable bonds is 4. The van der Waals surface area contributed by atoms with Crippen molar-refractivity contribution in [2.24, 2.45) is 50.7 Å². The fourth-order valence-corrected chi connectivity index (χ4v) is 14.4. The van der Waals surface area contributed by atoms with E-state index in [1.54, 1.807) is 0 Å². The lowest BCUT2D eigenvalue weighted by Crippen LogP contribution is -2.64. The lowest BCUT2D eigenvalue weighted by atomic mass is 9.40. The van der Waals surface area contributed by atoms with Crippen LogP contribution in [0.4, 0.5) is 0 Å². The Morgan fingerprint density at radius 2 is 1.58 bits per heavy atom. The second kappa shape index (κ2) is 10.2. The van der Waals surface area contributed by atoms with E-state index in [1.165, 1.54) is 6.92 Å². The van der Waals surface area contributed by atoms with Gasteiger partial charge in [-0.1, -0.05) is 34.6 Å². The summed E-state index contributed by atoms with van der Waals surface area (Å²) < 4.78 is 31.7. The molecule has 8 fully saturated rings. The summed E-state index contributed by atoms with van der Waals surface area (Å²) in [5.41, 5.74) is -2.75. The van der Waals surface area contributed by atoms with E-state index in [2.05, 4.69) is 34.6 Å². The highest BCUT2D eigenvalue weighted by Crippen LogP contribution is 2.90. The first kappa shape index (κ1) is 34.2. The number of fused-ring (bicyclic) bond motifs is 4. The zero-order valence-corrected chi connectivity index (χ0v) is 29.8. The van der Waals surface area contributed by atoms with Crippen LogP contribution < -0.4 is 0 Å². The Morgan fingerprint density at radius 1 is 0.896 bits per heavy atom. The van der Waals surface area contributed by atoms with Gasteiger partial charge in [0.25, 0.3) is 0 Å². The highest BCUT2D eigenvalue weighted by Gasteiger charge is 2.90. The van der Waals surface area contributed by atoms with Crippen molar-refractivity contribution in [2.45, 2.75) is 167 Å². The molecular formula is C37H58O11. The number of esters is 1. The molecule has 0 aromatic rings. The Bertz CT molecular complexity index is 1350. The molecule has 5 aliphatic carbocycles. The van der Waals surface area contributed by atoms with Crippen LogP contribution in [0.1, 0.15) is 100 Å². The normalized spacial score (nSPS) is 59.4. The van der Waals surface area contributed by atoms with Gasteiger partial charge in [-0.2, -0.15) is 0 Å². The van der Waals surface area contributed by atoms with Gasteiger partial charge in [-0.3, -0.25) is 4.79 Å². The van der Waals surface area contributed by atoms with Gasteiger partial charge in [-0.15, -0.1) is 0 Å². The highest BCUT2D eigenvalue weighted by atomic mass is 16.8. The molecule has 0 aromatic carbocycles. The van der Waals surface area contributed by atoms with E-state index >= 15 is 0 Å². The lowest BCUT2D eigenvalue weighted by Gasteiger charge is -2.65. The van der Waals surface area contributed by atoms with Crippen LogP contribution in [0.15, 0.2) is 0 Å². The first-order valence-electron chi connectivity index (χ1n) is 18.5. The van der Waals surface area contributed by atoms with Crippen molar-refractivity contribution in [2.75, 3.05) is 6.61 Å². The molecule has 5 saturated carbocycles. The van der Waals surface area contributed by atoms with Crippen LogP contribution >= 0.6 is 0 Å². The zero-order chi connectivity index (χ0) is 34.8. The van der Waals surface area contributed by atoms with Crippen LogP contribution in [0.3, 0.4) is 0 Å². The van der Waals surface area contributed by atoms with Crippen LogP contribution in [0.5, 0.6) is 0 Å². The van der Waals surface area contributed by atoms with E-state index in [1.807, 2.05) is 13.8 Å². The van der Waals surface area contributed by atoms with Gasteiger partial charge in [-0.05, 0) is 92.8 Å². The topological polar surface area (TPSA) is 164 Å². The summed E-state index contributed by atoms with van der Waals surface area (Å²) in [6.45, 7) is 16.1. The average Bonchev–Trinajstić information content (AvgIpc) is 3.48. The quantitative estimate of drug-likeness (QED) is 0.219. The second-order valence-electron chi connectivity index (χ2n) is 18.9. The molecule has 5 N–H and O–H groups in total. The SMILES string of the molecule is CC(=O)OC(C)(C)C1OC23OC1CC(C)C2C1(C)C(O)CC24CC25CCC(OC2OCC(O)C(O)C2O)C(C)(C)C5CCC4C1(C)C3O. The number of aliphatic hydroxyl groups excluding tert-OH is 5.